The van der Waals surface area contributed by atoms with Crippen LogP contribution < -0.4 is 11.1 Å². The lowest BCUT2D eigenvalue weighted by molar-refractivity contribution is 0.0938. The molecule has 0 radical (unpaired) electrons. The van der Waals surface area contributed by atoms with Crippen LogP contribution in [0.25, 0.3) is 0 Å². The summed E-state index contributed by atoms with van der Waals surface area (Å²) >= 11 is 1.34. The Morgan fingerprint density at radius 2 is 2.14 bits per heavy atom. The molecule has 0 atom stereocenters. The van der Waals surface area contributed by atoms with E-state index in [9.17, 15) is 13.2 Å². The van der Waals surface area contributed by atoms with Crippen molar-refractivity contribution in [3.05, 3.63) is 21.4 Å². The van der Waals surface area contributed by atoms with Gasteiger partial charge in [-0.25, -0.2) is 8.42 Å². The van der Waals surface area contributed by atoms with Crippen LogP contribution in [0.5, 0.6) is 0 Å². The van der Waals surface area contributed by atoms with Gasteiger partial charge in [0.2, 0.25) is 0 Å². The molecule has 0 aromatic carbocycles. The van der Waals surface area contributed by atoms with Crippen LogP contribution in [0.2, 0.25) is 0 Å². The van der Waals surface area contributed by atoms with Crippen molar-refractivity contribution in [3.63, 3.8) is 0 Å². The van der Waals surface area contributed by atoms with Crippen LogP contribution >= 0.6 is 11.3 Å². The fourth-order valence-electron chi connectivity index (χ4n) is 2.14. The molecule has 2 heterocycles. The molecule has 1 fully saturated rings. The predicted octanol–water partition coefficient (Wildman–Crippen LogP) is 0.674. The maximum absolute atomic E-state index is 12.2. The fourth-order valence-corrected chi connectivity index (χ4v) is 4.58. The summed E-state index contributed by atoms with van der Waals surface area (Å²) in [5.41, 5.74) is 6.30. The van der Waals surface area contributed by atoms with Gasteiger partial charge in [0.1, 0.15) is 9.84 Å². The quantitative estimate of drug-likeness (QED) is 0.782. The maximum Gasteiger partial charge on any atom is 0.261 e. The lowest BCUT2D eigenvalue weighted by atomic mass is 10.1. The molecule has 0 unspecified atom stereocenters. The third-order valence-corrected chi connectivity index (χ3v) is 6.20. The second-order valence-corrected chi connectivity index (χ2v) is 8.38. The number of thiophene rings is 1. The summed E-state index contributed by atoms with van der Waals surface area (Å²) in [7, 11) is -2.91. The van der Waals surface area contributed by atoms with E-state index in [2.05, 4.69) is 17.2 Å². The second kappa shape index (κ2) is 6.60. The van der Waals surface area contributed by atoms with E-state index >= 15 is 0 Å². The average Bonchev–Trinajstić information content (AvgIpc) is 2.80. The van der Waals surface area contributed by atoms with Crippen molar-refractivity contribution in [2.75, 3.05) is 18.1 Å². The molecule has 1 aromatic rings. The Morgan fingerprint density at radius 1 is 1.48 bits per heavy atom. The van der Waals surface area contributed by atoms with Gasteiger partial charge in [-0.1, -0.05) is 11.8 Å². The summed E-state index contributed by atoms with van der Waals surface area (Å²) in [5.74, 6) is 5.86. The molecule has 0 spiro atoms. The minimum Gasteiger partial charge on any atom is -0.349 e. The molecular formula is C14H18N2O3S2. The number of nitrogens with one attached hydrogen (secondary N) is 1. The monoisotopic (exact) mass is 326 g/mol. The van der Waals surface area contributed by atoms with Crippen LogP contribution in [-0.4, -0.2) is 38.4 Å². The third-order valence-electron chi connectivity index (χ3n) is 3.34. The summed E-state index contributed by atoms with van der Waals surface area (Å²) < 4.78 is 22.7. The number of rotatable bonds is 2. The van der Waals surface area contributed by atoms with Crippen molar-refractivity contribution < 1.29 is 13.2 Å². The molecule has 3 N–H and O–H groups in total. The summed E-state index contributed by atoms with van der Waals surface area (Å²) in [4.78, 5) is 13.6. The highest BCUT2D eigenvalue weighted by Crippen LogP contribution is 2.21. The van der Waals surface area contributed by atoms with Crippen molar-refractivity contribution >= 4 is 27.1 Å². The van der Waals surface area contributed by atoms with Gasteiger partial charge in [-0.15, -0.1) is 11.3 Å². The van der Waals surface area contributed by atoms with Gasteiger partial charge < -0.3 is 11.1 Å². The van der Waals surface area contributed by atoms with Crippen molar-refractivity contribution in [2.24, 2.45) is 5.73 Å². The van der Waals surface area contributed by atoms with Gasteiger partial charge in [0.05, 0.1) is 27.8 Å². The van der Waals surface area contributed by atoms with Gasteiger partial charge in [0, 0.05) is 6.04 Å². The SMILES string of the molecule is Cc1cc(C(=O)NC2CCS(=O)(=O)CC2)sc1C#CCN. The molecule has 1 aliphatic heterocycles. The van der Waals surface area contributed by atoms with Crippen molar-refractivity contribution in [1.82, 2.24) is 5.32 Å². The van der Waals surface area contributed by atoms with Crippen LogP contribution in [0.3, 0.4) is 0 Å². The van der Waals surface area contributed by atoms with Crippen LogP contribution in [0, 0.1) is 18.8 Å². The first-order chi connectivity index (χ1) is 9.91. The highest BCUT2D eigenvalue weighted by atomic mass is 32.2. The molecule has 0 aliphatic carbocycles. The Labute approximate surface area is 128 Å². The smallest absolute Gasteiger partial charge is 0.261 e. The summed E-state index contributed by atoms with van der Waals surface area (Å²) in [5, 5.41) is 2.90. The van der Waals surface area contributed by atoms with Crippen LogP contribution in [0.15, 0.2) is 6.07 Å². The minimum atomic E-state index is -2.91. The van der Waals surface area contributed by atoms with Gasteiger partial charge in [0.15, 0.2) is 0 Å². The first-order valence-corrected chi connectivity index (χ1v) is 9.36. The van der Waals surface area contributed by atoms with Crippen molar-refractivity contribution in [3.8, 4) is 11.8 Å². The first-order valence-electron chi connectivity index (χ1n) is 6.72. The highest BCUT2D eigenvalue weighted by Gasteiger charge is 2.25. The Kier molecular flexibility index (Phi) is 5.04. The van der Waals surface area contributed by atoms with E-state index in [0.29, 0.717) is 17.7 Å². The van der Waals surface area contributed by atoms with Gasteiger partial charge in [-0.3, -0.25) is 4.79 Å². The van der Waals surface area contributed by atoms with Crippen molar-refractivity contribution in [1.29, 1.82) is 0 Å². The standard InChI is InChI=1S/C14H18N2O3S2/c1-10-9-13(20-12(10)3-2-6-15)14(17)16-11-4-7-21(18,19)8-5-11/h9,11H,4-8,15H2,1H3,(H,16,17). The molecule has 1 saturated heterocycles. The number of carbonyl (C=O) groups excluding carboxylic acids is 1. The molecule has 1 amide bonds. The van der Waals surface area contributed by atoms with Gasteiger partial charge in [-0.2, -0.15) is 0 Å². The summed E-state index contributed by atoms with van der Waals surface area (Å²) in [6.45, 7) is 2.19. The van der Waals surface area contributed by atoms with Gasteiger partial charge in [0.25, 0.3) is 5.91 Å². The molecule has 0 bridgehead atoms. The zero-order valence-electron chi connectivity index (χ0n) is 11.8. The Balaban J connectivity index is 2.01. The van der Waals surface area contributed by atoms with Gasteiger partial charge in [-0.05, 0) is 31.4 Å². The first kappa shape index (κ1) is 16.0. The van der Waals surface area contributed by atoms with E-state index in [1.54, 1.807) is 6.07 Å². The third kappa shape index (κ3) is 4.30. The molecule has 7 heteroatoms. The number of nitrogens with two attached hydrogens (primary N) is 1. The van der Waals surface area contributed by atoms with E-state index in [0.717, 1.165) is 10.4 Å². The molecule has 2 rings (SSSR count). The minimum absolute atomic E-state index is 0.0676. The molecule has 1 aromatic heterocycles. The molecule has 0 saturated carbocycles. The van der Waals surface area contributed by atoms with E-state index in [1.807, 2.05) is 6.92 Å². The number of sulfone groups is 1. The lowest BCUT2D eigenvalue weighted by Crippen LogP contribution is -2.40. The Morgan fingerprint density at radius 3 is 2.76 bits per heavy atom. The Hall–Kier alpha value is -1.36. The molecule has 114 valence electrons. The van der Waals surface area contributed by atoms with E-state index in [1.165, 1.54) is 11.3 Å². The number of hydrogen-bond acceptors (Lipinski definition) is 5. The highest BCUT2D eigenvalue weighted by molar-refractivity contribution is 7.91. The molecule has 21 heavy (non-hydrogen) atoms. The topological polar surface area (TPSA) is 89.3 Å². The lowest BCUT2D eigenvalue weighted by Gasteiger charge is -2.22. The predicted molar refractivity (Wildman–Crippen MR) is 84.1 cm³/mol. The van der Waals surface area contributed by atoms with Crippen LogP contribution in [0.1, 0.15) is 33.0 Å². The zero-order valence-corrected chi connectivity index (χ0v) is 13.4. The van der Waals surface area contributed by atoms with Crippen LogP contribution in [0.4, 0.5) is 0 Å². The second-order valence-electron chi connectivity index (χ2n) is 5.03. The van der Waals surface area contributed by atoms with Crippen LogP contribution in [-0.2, 0) is 9.84 Å². The largest absolute Gasteiger partial charge is 0.349 e. The fraction of sp³-hybridized carbons (Fsp3) is 0.500. The average molecular weight is 326 g/mol. The van der Waals surface area contributed by atoms with Gasteiger partial charge >= 0.3 is 0 Å². The molecular weight excluding hydrogens is 308 g/mol. The van der Waals surface area contributed by atoms with Crippen molar-refractivity contribution in [2.45, 2.75) is 25.8 Å². The summed E-state index contributed by atoms with van der Waals surface area (Å²) in [6, 6.07) is 1.74. The Bertz CT molecular complexity index is 682. The normalized spacial score (nSPS) is 17.8. The number of aryl methyl sites for hydroxylation is 1. The summed E-state index contributed by atoms with van der Waals surface area (Å²) in [6.07, 6.45) is 0.969. The number of hydrogen-bond donors (Lipinski definition) is 2. The van der Waals surface area contributed by atoms with E-state index < -0.39 is 9.84 Å². The zero-order chi connectivity index (χ0) is 15.5. The number of amides is 1. The maximum atomic E-state index is 12.2. The number of carbonyl (C=O) groups is 1. The van der Waals surface area contributed by atoms with E-state index in [4.69, 9.17) is 5.73 Å². The molecule has 5 nitrogen and oxygen atoms in total. The molecule has 1 aliphatic rings. The van der Waals surface area contributed by atoms with E-state index in [-0.39, 0.29) is 30.0 Å².